The number of amides is 2. The van der Waals surface area contributed by atoms with Gasteiger partial charge in [0.15, 0.2) is 0 Å². The van der Waals surface area contributed by atoms with Gasteiger partial charge in [0.05, 0.1) is 12.4 Å². The lowest BCUT2D eigenvalue weighted by Crippen LogP contribution is -2.17. The van der Waals surface area contributed by atoms with Crippen molar-refractivity contribution in [3.63, 3.8) is 0 Å². The highest BCUT2D eigenvalue weighted by molar-refractivity contribution is 9.10. The Bertz CT molecular complexity index is 809. The molecule has 6 nitrogen and oxygen atoms in total. The van der Waals surface area contributed by atoms with Crippen LogP contribution in [0, 0.1) is 13.8 Å². The van der Waals surface area contributed by atoms with Gasteiger partial charge in [0.1, 0.15) is 0 Å². The number of nitrogens with one attached hydrogen (secondary N) is 2. The minimum atomic E-state index is -0.0962. The number of aryl methyl sites for hydroxylation is 2. The van der Waals surface area contributed by atoms with Crippen LogP contribution in [0.4, 0.5) is 0 Å². The molecule has 0 atom stereocenters. The molecule has 0 fully saturated rings. The standard InChI is InChI=1S/C20H24Br2N4O2S2/c1-13-17(21)9-15(29-13)11-23-25-19(27)7-5-3-4-6-8-20(28)26-24-12-16-10-18(22)14(2)30-16/h9-12H,3-8H2,1-2H3,(H,25,27)(H,26,28). The van der Waals surface area contributed by atoms with Crippen LogP contribution in [0.5, 0.6) is 0 Å². The first-order valence-electron chi connectivity index (χ1n) is 9.51. The molecule has 2 N–H and O–H groups in total. The number of hydrazone groups is 2. The Hall–Kier alpha value is -1.36. The van der Waals surface area contributed by atoms with Crippen molar-refractivity contribution in [2.24, 2.45) is 10.2 Å². The molecule has 30 heavy (non-hydrogen) atoms. The molecule has 162 valence electrons. The Labute approximate surface area is 201 Å². The molecule has 0 aliphatic carbocycles. The van der Waals surface area contributed by atoms with E-state index < -0.39 is 0 Å². The number of thiophene rings is 2. The fraction of sp³-hybridized carbons (Fsp3) is 0.400. The molecule has 2 aromatic rings. The molecule has 2 aromatic heterocycles. The SMILES string of the molecule is Cc1sc(C=NNC(=O)CCCCCCC(=O)NN=Cc2cc(Br)c(C)s2)cc1Br. The summed E-state index contributed by atoms with van der Waals surface area (Å²) < 4.78 is 2.10. The maximum absolute atomic E-state index is 11.8. The molecule has 0 radical (unpaired) electrons. The van der Waals surface area contributed by atoms with E-state index in [0.29, 0.717) is 12.8 Å². The largest absolute Gasteiger partial charge is 0.273 e. The van der Waals surface area contributed by atoms with E-state index in [1.807, 2.05) is 26.0 Å². The summed E-state index contributed by atoms with van der Waals surface area (Å²) in [7, 11) is 0. The van der Waals surface area contributed by atoms with Crippen molar-refractivity contribution < 1.29 is 9.59 Å². The minimum Gasteiger partial charge on any atom is -0.273 e. The van der Waals surface area contributed by atoms with Gasteiger partial charge in [0.25, 0.3) is 0 Å². The van der Waals surface area contributed by atoms with Gasteiger partial charge in [0, 0.05) is 41.3 Å². The predicted octanol–water partition coefficient (Wildman–Crippen LogP) is 5.89. The van der Waals surface area contributed by atoms with E-state index >= 15 is 0 Å². The quantitative estimate of drug-likeness (QED) is 0.199. The normalized spacial score (nSPS) is 11.5. The highest BCUT2D eigenvalue weighted by Gasteiger charge is 2.04. The number of carbonyl (C=O) groups excluding carboxylic acids is 2. The summed E-state index contributed by atoms with van der Waals surface area (Å²) in [5, 5.41) is 7.98. The van der Waals surface area contributed by atoms with Gasteiger partial charge in [-0.15, -0.1) is 22.7 Å². The van der Waals surface area contributed by atoms with Crippen molar-refractivity contribution in [2.75, 3.05) is 0 Å². The molecule has 0 aromatic carbocycles. The van der Waals surface area contributed by atoms with Gasteiger partial charge < -0.3 is 0 Å². The summed E-state index contributed by atoms with van der Waals surface area (Å²) >= 11 is 10.1. The first-order chi connectivity index (χ1) is 14.3. The monoisotopic (exact) mass is 574 g/mol. The molecule has 0 unspecified atom stereocenters. The molecule has 2 heterocycles. The topological polar surface area (TPSA) is 82.9 Å². The van der Waals surface area contributed by atoms with Gasteiger partial charge in [-0.2, -0.15) is 10.2 Å². The zero-order chi connectivity index (χ0) is 21.9. The summed E-state index contributed by atoms with van der Waals surface area (Å²) in [6.07, 6.45) is 7.50. The third kappa shape index (κ3) is 9.20. The molecule has 10 heteroatoms. The summed E-state index contributed by atoms with van der Waals surface area (Å²) in [6, 6.07) is 3.94. The maximum atomic E-state index is 11.8. The number of hydrogen-bond acceptors (Lipinski definition) is 6. The predicted molar refractivity (Wildman–Crippen MR) is 133 cm³/mol. The second kappa shape index (κ2) is 13.1. The second-order valence-corrected chi connectivity index (χ2v) is 10.9. The second-order valence-electron chi connectivity index (χ2n) is 6.61. The molecule has 2 amide bonds. The van der Waals surface area contributed by atoms with Gasteiger partial charge in [-0.25, -0.2) is 10.9 Å². The van der Waals surface area contributed by atoms with Crippen LogP contribution in [0.1, 0.15) is 58.0 Å². The number of rotatable bonds is 11. The molecule has 0 saturated heterocycles. The summed E-state index contributed by atoms with van der Waals surface area (Å²) in [4.78, 5) is 27.9. The lowest BCUT2D eigenvalue weighted by atomic mass is 10.1. The van der Waals surface area contributed by atoms with Crippen LogP contribution in [0.3, 0.4) is 0 Å². The van der Waals surface area contributed by atoms with Gasteiger partial charge in [-0.05, 0) is 70.7 Å². The van der Waals surface area contributed by atoms with E-state index in [1.54, 1.807) is 35.1 Å². The summed E-state index contributed by atoms with van der Waals surface area (Å²) in [5.74, 6) is -0.192. The van der Waals surface area contributed by atoms with Crippen LogP contribution in [0.2, 0.25) is 0 Å². The van der Waals surface area contributed by atoms with Crippen LogP contribution in [0.25, 0.3) is 0 Å². The van der Waals surface area contributed by atoms with Crippen molar-refractivity contribution in [3.8, 4) is 0 Å². The van der Waals surface area contributed by atoms with E-state index in [2.05, 4.69) is 52.9 Å². The number of unbranched alkanes of at least 4 members (excludes halogenated alkanes) is 3. The lowest BCUT2D eigenvalue weighted by molar-refractivity contribution is -0.122. The fourth-order valence-corrected chi connectivity index (χ4v) is 5.33. The van der Waals surface area contributed by atoms with Crippen LogP contribution in [-0.2, 0) is 9.59 Å². The highest BCUT2D eigenvalue weighted by Crippen LogP contribution is 2.25. The number of hydrogen-bond donors (Lipinski definition) is 2. The van der Waals surface area contributed by atoms with Crippen LogP contribution in [-0.4, -0.2) is 24.2 Å². The Morgan fingerprint density at radius 2 is 1.23 bits per heavy atom. The van der Waals surface area contributed by atoms with Gasteiger partial charge in [-0.3, -0.25) is 9.59 Å². The zero-order valence-corrected chi connectivity index (χ0v) is 21.6. The Balaban J connectivity index is 1.50. The molecular formula is C20H24Br2N4O2S2. The van der Waals surface area contributed by atoms with Crippen molar-refractivity contribution in [3.05, 3.63) is 40.6 Å². The molecule has 0 aliphatic rings. The fourth-order valence-electron chi connectivity index (χ4n) is 2.46. The van der Waals surface area contributed by atoms with Gasteiger partial charge >= 0.3 is 0 Å². The van der Waals surface area contributed by atoms with Crippen LogP contribution >= 0.6 is 54.5 Å². The average Bonchev–Trinajstić information content (AvgIpc) is 3.18. The van der Waals surface area contributed by atoms with E-state index in [9.17, 15) is 9.59 Å². The maximum Gasteiger partial charge on any atom is 0.240 e. The van der Waals surface area contributed by atoms with Crippen molar-refractivity contribution in [1.82, 2.24) is 10.9 Å². The zero-order valence-electron chi connectivity index (χ0n) is 16.8. The van der Waals surface area contributed by atoms with Gasteiger partial charge in [-0.1, -0.05) is 12.8 Å². The number of halogens is 2. The van der Waals surface area contributed by atoms with Crippen molar-refractivity contribution in [1.29, 1.82) is 0 Å². The van der Waals surface area contributed by atoms with E-state index in [0.717, 1.165) is 44.4 Å². The van der Waals surface area contributed by atoms with Crippen LogP contribution < -0.4 is 10.9 Å². The third-order valence-electron chi connectivity index (χ3n) is 4.07. The lowest BCUT2D eigenvalue weighted by Gasteiger charge is -2.01. The highest BCUT2D eigenvalue weighted by atomic mass is 79.9. The molecule has 0 spiro atoms. The van der Waals surface area contributed by atoms with E-state index in [-0.39, 0.29) is 11.8 Å². The Morgan fingerprint density at radius 1 is 0.833 bits per heavy atom. The van der Waals surface area contributed by atoms with Crippen molar-refractivity contribution >= 4 is 78.8 Å². The van der Waals surface area contributed by atoms with E-state index in [4.69, 9.17) is 0 Å². The third-order valence-corrected chi connectivity index (χ3v) is 8.21. The average molecular weight is 576 g/mol. The van der Waals surface area contributed by atoms with Crippen molar-refractivity contribution in [2.45, 2.75) is 52.4 Å². The minimum absolute atomic E-state index is 0.0962. The molecule has 0 bridgehead atoms. The van der Waals surface area contributed by atoms with Gasteiger partial charge in [0.2, 0.25) is 11.8 Å². The van der Waals surface area contributed by atoms with Crippen LogP contribution in [0.15, 0.2) is 31.3 Å². The summed E-state index contributed by atoms with van der Waals surface area (Å²) in [5.41, 5.74) is 5.10. The first-order valence-corrected chi connectivity index (χ1v) is 12.7. The molecular weight excluding hydrogens is 552 g/mol. The molecule has 2 rings (SSSR count). The molecule has 0 aliphatic heterocycles. The number of carbonyl (C=O) groups is 2. The molecule has 0 saturated carbocycles. The summed E-state index contributed by atoms with van der Waals surface area (Å²) in [6.45, 7) is 4.04. The Morgan fingerprint density at radius 3 is 1.57 bits per heavy atom. The van der Waals surface area contributed by atoms with E-state index in [1.165, 1.54) is 9.75 Å². The first kappa shape index (κ1) is 24.9. The Kier molecular flexibility index (Phi) is 10.9. The number of nitrogens with zero attached hydrogens (tertiary/aromatic N) is 2. The smallest absolute Gasteiger partial charge is 0.240 e.